The normalized spacial score (nSPS) is 26.2. The molecule has 5 heteroatoms. The van der Waals surface area contributed by atoms with Crippen molar-refractivity contribution in [2.24, 2.45) is 17.8 Å². The van der Waals surface area contributed by atoms with Gasteiger partial charge in [-0.2, -0.15) is 0 Å². The van der Waals surface area contributed by atoms with Crippen molar-refractivity contribution in [3.8, 4) is 0 Å². The SMILES string of the molecule is CN(C)CCCNc1c(NC[C@@H]2C[C@H]3C=C[C@H]2C3)c(=O)c1=O. The van der Waals surface area contributed by atoms with Crippen LogP contribution in [0.5, 0.6) is 0 Å². The summed E-state index contributed by atoms with van der Waals surface area (Å²) in [6, 6.07) is 0. The molecule has 5 nitrogen and oxygen atoms in total. The Morgan fingerprint density at radius 1 is 1.09 bits per heavy atom. The van der Waals surface area contributed by atoms with Crippen molar-refractivity contribution >= 4 is 11.4 Å². The molecule has 0 aliphatic heterocycles. The largest absolute Gasteiger partial charge is 0.380 e. The van der Waals surface area contributed by atoms with Crippen molar-refractivity contribution in [1.29, 1.82) is 0 Å². The van der Waals surface area contributed by atoms with Gasteiger partial charge in [0, 0.05) is 13.1 Å². The third-order valence-electron chi connectivity index (χ3n) is 4.95. The zero-order valence-electron chi connectivity index (χ0n) is 13.4. The molecule has 120 valence electrons. The van der Waals surface area contributed by atoms with E-state index in [1.165, 1.54) is 12.8 Å². The fourth-order valence-corrected chi connectivity index (χ4v) is 3.70. The number of hydrogen-bond acceptors (Lipinski definition) is 5. The lowest BCUT2D eigenvalue weighted by Gasteiger charge is -2.21. The van der Waals surface area contributed by atoms with Gasteiger partial charge in [-0.25, -0.2) is 0 Å². The van der Waals surface area contributed by atoms with E-state index in [-0.39, 0.29) is 10.9 Å². The molecule has 1 fully saturated rings. The summed E-state index contributed by atoms with van der Waals surface area (Å²) in [7, 11) is 4.04. The molecule has 0 amide bonds. The molecule has 0 heterocycles. The van der Waals surface area contributed by atoms with Gasteiger partial charge in [-0.3, -0.25) is 9.59 Å². The van der Waals surface area contributed by atoms with Gasteiger partial charge >= 0.3 is 0 Å². The molecular formula is C17H25N3O2. The molecule has 3 atom stereocenters. The lowest BCUT2D eigenvalue weighted by Crippen LogP contribution is -2.38. The summed E-state index contributed by atoms with van der Waals surface area (Å²) in [5.41, 5.74) is 0.248. The Morgan fingerprint density at radius 3 is 2.41 bits per heavy atom. The van der Waals surface area contributed by atoms with Crippen LogP contribution in [0.2, 0.25) is 0 Å². The van der Waals surface area contributed by atoms with Gasteiger partial charge in [-0.1, -0.05) is 12.2 Å². The monoisotopic (exact) mass is 303 g/mol. The highest BCUT2D eigenvalue weighted by Gasteiger charge is 2.35. The fraction of sp³-hybridized carbons (Fsp3) is 0.647. The number of rotatable bonds is 8. The van der Waals surface area contributed by atoms with Crippen molar-refractivity contribution in [3.63, 3.8) is 0 Å². The highest BCUT2D eigenvalue weighted by atomic mass is 16.2. The van der Waals surface area contributed by atoms with Gasteiger partial charge in [0.05, 0.1) is 0 Å². The van der Waals surface area contributed by atoms with Gasteiger partial charge in [0.1, 0.15) is 11.4 Å². The number of anilines is 2. The van der Waals surface area contributed by atoms with Gasteiger partial charge in [-0.05, 0) is 57.7 Å². The third kappa shape index (κ3) is 2.95. The molecule has 0 saturated heterocycles. The van der Waals surface area contributed by atoms with E-state index in [1.54, 1.807) is 0 Å². The van der Waals surface area contributed by atoms with Crippen LogP contribution in [0.15, 0.2) is 21.7 Å². The molecule has 0 aromatic heterocycles. The summed E-state index contributed by atoms with van der Waals surface area (Å²) in [6.07, 6.45) is 8.03. The van der Waals surface area contributed by atoms with E-state index in [1.807, 2.05) is 14.1 Å². The zero-order chi connectivity index (χ0) is 15.7. The molecule has 22 heavy (non-hydrogen) atoms. The van der Waals surface area contributed by atoms with Gasteiger partial charge in [-0.15, -0.1) is 0 Å². The average Bonchev–Trinajstić information content (AvgIpc) is 3.11. The van der Waals surface area contributed by atoms with E-state index >= 15 is 0 Å². The van der Waals surface area contributed by atoms with E-state index in [0.717, 1.165) is 25.4 Å². The second-order valence-electron chi connectivity index (χ2n) is 6.91. The molecule has 0 unspecified atom stereocenters. The van der Waals surface area contributed by atoms with Crippen LogP contribution in [0.4, 0.5) is 11.4 Å². The number of hydrogen-bond donors (Lipinski definition) is 2. The predicted octanol–water partition coefficient (Wildman–Crippen LogP) is 1.27. The molecule has 3 rings (SSSR count). The molecule has 0 radical (unpaired) electrons. The summed E-state index contributed by atoms with van der Waals surface area (Å²) in [5, 5.41) is 6.35. The maximum absolute atomic E-state index is 11.7. The lowest BCUT2D eigenvalue weighted by molar-refractivity contribution is 0.405. The molecule has 2 aliphatic rings. The van der Waals surface area contributed by atoms with Crippen molar-refractivity contribution in [3.05, 3.63) is 32.6 Å². The van der Waals surface area contributed by atoms with Crippen molar-refractivity contribution in [1.82, 2.24) is 4.90 Å². The standard InChI is InChI=1S/C17H25N3O2/c1-20(2)7-3-6-18-14-15(17(22)16(14)21)19-10-13-9-11-4-5-12(13)8-11/h4-5,11-13,18-19H,3,6-10H2,1-2H3/t11-,12-,13-/m0/s1. The van der Waals surface area contributed by atoms with E-state index < -0.39 is 0 Å². The average molecular weight is 303 g/mol. The van der Waals surface area contributed by atoms with Gasteiger partial charge in [0.25, 0.3) is 10.9 Å². The maximum Gasteiger partial charge on any atom is 0.253 e. The number of allylic oxidation sites excluding steroid dienone is 2. The first-order valence-electron chi connectivity index (χ1n) is 8.20. The van der Waals surface area contributed by atoms with Crippen LogP contribution in [-0.2, 0) is 0 Å². The van der Waals surface area contributed by atoms with Crippen LogP contribution in [0.25, 0.3) is 0 Å². The highest BCUT2D eigenvalue weighted by molar-refractivity contribution is 5.73. The van der Waals surface area contributed by atoms with Gasteiger partial charge in [0.2, 0.25) is 0 Å². The quantitative estimate of drug-likeness (QED) is 0.430. The molecule has 1 saturated carbocycles. The topological polar surface area (TPSA) is 61.4 Å². The Hall–Kier alpha value is -1.62. The van der Waals surface area contributed by atoms with Crippen LogP contribution in [0.1, 0.15) is 19.3 Å². The van der Waals surface area contributed by atoms with E-state index in [0.29, 0.717) is 29.8 Å². The summed E-state index contributed by atoms with van der Waals surface area (Å²) >= 11 is 0. The second kappa shape index (κ2) is 6.24. The van der Waals surface area contributed by atoms with Crippen LogP contribution in [0, 0.1) is 17.8 Å². The smallest absolute Gasteiger partial charge is 0.253 e. The van der Waals surface area contributed by atoms with Crippen LogP contribution in [0.3, 0.4) is 0 Å². The van der Waals surface area contributed by atoms with Crippen molar-refractivity contribution in [2.45, 2.75) is 19.3 Å². The van der Waals surface area contributed by atoms with Crippen molar-refractivity contribution < 1.29 is 0 Å². The summed E-state index contributed by atoms with van der Waals surface area (Å²) < 4.78 is 0. The summed E-state index contributed by atoms with van der Waals surface area (Å²) in [4.78, 5) is 25.5. The molecule has 2 N–H and O–H groups in total. The Labute approximate surface area is 131 Å². The predicted molar refractivity (Wildman–Crippen MR) is 90.3 cm³/mol. The minimum atomic E-state index is -0.375. The molecule has 0 spiro atoms. The Bertz CT molecular complexity index is 628. The summed E-state index contributed by atoms with van der Waals surface area (Å²) in [5.74, 6) is 1.98. The van der Waals surface area contributed by atoms with E-state index in [9.17, 15) is 9.59 Å². The van der Waals surface area contributed by atoms with Gasteiger partial charge in [0.15, 0.2) is 0 Å². The van der Waals surface area contributed by atoms with Crippen LogP contribution in [-0.4, -0.2) is 38.6 Å². The zero-order valence-corrected chi connectivity index (χ0v) is 13.4. The Morgan fingerprint density at radius 2 is 1.82 bits per heavy atom. The molecule has 2 aliphatic carbocycles. The highest BCUT2D eigenvalue weighted by Crippen LogP contribution is 2.43. The number of fused-ring (bicyclic) bond motifs is 2. The molecule has 2 bridgehead atoms. The second-order valence-corrected chi connectivity index (χ2v) is 6.91. The van der Waals surface area contributed by atoms with E-state index in [4.69, 9.17) is 0 Å². The fourth-order valence-electron chi connectivity index (χ4n) is 3.70. The number of nitrogens with zero attached hydrogens (tertiary/aromatic N) is 1. The maximum atomic E-state index is 11.7. The van der Waals surface area contributed by atoms with E-state index in [2.05, 4.69) is 27.7 Å². The Kier molecular flexibility index (Phi) is 4.34. The van der Waals surface area contributed by atoms with Crippen LogP contribution >= 0.6 is 0 Å². The minimum absolute atomic E-state index is 0.367. The first-order valence-corrected chi connectivity index (χ1v) is 8.20. The third-order valence-corrected chi connectivity index (χ3v) is 4.95. The number of nitrogens with one attached hydrogen (secondary N) is 2. The first-order chi connectivity index (χ1) is 10.6. The van der Waals surface area contributed by atoms with Crippen LogP contribution < -0.4 is 21.5 Å². The minimum Gasteiger partial charge on any atom is -0.380 e. The summed E-state index contributed by atoms with van der Waals surface area (Å²) in [6.45, 7) is 2.47. The first kappa shape index (κ1) is 15.3. The molecule has 1 aromatic rings. The lowest BCUT2D eigenvalue weighted by atomic mass is 9.93. The Balaban J connectivity index is 1.51. The van der Waals surface area contributed by atoms with Gasteiger partial charge < -0.3 is 15.5 Å². The molecular weight excluding hydrogens is 278 g/mol. The van der Waals surface area contributed by atoms with Crippen molar-refractivity contribution in [2.75, 3.05) is 44.4 Å². The molecule has 1 aromatic carbocycles.